The summed E-state index contributed by atoms with van der Waals surface area (Å²) in [6.07, 6.45) is -0.782. The number of nitrogens with two attached hydrogens (primary N) is 1. The number of benzene rings is 1. The number of carbonyl (C=O) groups is 2. The number of hydrogen-bond donors (Lipinski definition) is 3. The van der Waals surface area contributed by atoms with Gasteiger partial charge in [0.05, 0.1) is 0 Å². The second-order valence-electron chi connectivity index (χ2n) is 3.68. The molecule has 0 atom stereocenters. The second kappa shape index (κ2) is 7.29. The lowest BCUT2D eigenvalue weighted by atomic mass is 10.1. The van der Waals surface area contributed by atoms with Crippen LogP contribution >= 0.6 is 0 Å². The molecule has 98 valence electrons. The van der Waals surface area contributed by atoms with Gasteiger partial charge in [-0.1, -0.05) is 18.2 Å². The molecule has 0 aromatic heterocycles. The average Bonchev–Trinajstić information content (AvgIpc) is 2.29. The molecule has 1 rings (SSSR count). The molecule has 0 aliphatic rings. The highest BCUT2D eigenvalue weighted by Gasteiger charge is 2.02. The third kappa shape index (κ3) is 5.31. The van der Waals surface area contributed by atoms with Crippen LogP contribution in [0, 0.1) is 0 Å². The largest absolute Gasteiger partial charge is 0.448 e. The highest BCUT2D eigenvalue weighted by atomic mass is 16.5. The first-order valence-electron chi connectivity index (χ1n) is 5.58. The number of ether oxygens (including phenoxy) is 1. The number of rotatable bonds is 6. The maximum absolute atomic E-state index is 11.0. The van der Waals surface area contributed by atoms with E-state index in [1.54, 1.807) is 0 Å². The van der Waals surface area contributed by atoms with E-state index < -0.39 is 6.09 Å². The van der Waals surface area contributed by atoms with Gasteiger partial charge >= 0.3 is 6.09 Å². The van der Waals surface area contributed by atoms with Gasteiger partial charge < -0.3 is 21.1 Å². The molecule has 0 spiro atoms. The first-order valence-corrected chi connectivity index (χ1v) is 5.58. The van der Waals surface area contributed by atoms with Crippen LogP contribution in [-0.2, 0) is 16.1 Å². The number of para-hydroxylation sites is 1. The van der Waals surface area contributed by atoms with Crippen molar-refractivity contribution in [2.24, 2.45) is 5.73 Å². The molecule has 0 saturated heterocycles. The van der Waals surface area contributed by atoms with Crippen molar-refractivity contribution < 1.29 is 14.3 Å². The van der Waals surface area contributed by atoms with Crippen LogP contribution in [0.2, 0.25) is 0 Å². The Labute approximate surface area is 105 Å². The van der Waals surface area contributed by atoms with Gasteiger partial charge in [0.15, 0.2) is 0 Å². The van der Waals surface area contributed by atoms with Crippen molar-refractivity contribution in [1.82, 2.24) is 5.32 Å². The third-order valence-corrected chi connectivity index (χ3v) is 2.17. The molecule has 18 heavy (non-hydrogen) atoms. The van der Waals surface area contributed by atoms with Crippen molar-refractivity contribution in [3.05, 3.63) is 29.8 Å². The number of anilines is 1. The van der Waals surface area contributed by atoms with Gasteiger partial charge in [0.2, 0.25) is 5.91 Å². The van der Waals surface area contributed by atoms with Crippen molar-refractivity contribution in [3.63, 3.8) is 0 Å². The van der Waals surface area contributed by atoms with Gasteiger partial charge in [0.1, 0.15) is 6.61 Å². The molecule has 1 aromatic rings. The summed E-state index contributed by atoms with van der Waals surface area (Å²) in [4.78, 5) is 21.3. The summed E-state index contributed by atoms with van der Waals surface area (Å²) in [5, 5.41) is 5.83. The molecule has 6 heteroatoms. The van der Waals surface area contributed by atoms with E-state index in [-0.39, 0.29) is 12.5 Å². The van der Waals surface area contributed by atoms with Gasteiger partial charge in [-0.15, -0.1) is 0 Å². The molecule has 0 radical (unpaired) electrons. The SMILES string of the molecule is CC(=O)Nc1ccccc1CNCCOC(N)=O. The maximum atomic E-state index is 11.0. The smallest absolute Gasteiger partial charge is 0.404 e. The summed E-state index contributed by atoms with van der Waals surface area (Å²) in [6, 6.07) is 7.48. The van der Waals surface area contributed by atoms with Crippen LogP contribution in [0.15, 0.2) is 24.3 Å². The zero-order valence-electron chi connectivity index (χ0n) is 10.2. The molecule has 0 bridgehead atoms. The highest BCUT2D eigenvalue weighted by Crippen LogP contribution is 2.14. The lowest BCUT2D eigenvalue weighted by Crippen LogP contribution is -2.23. The van der Waals surface area contributed by atoms with Gasteiger partial charge in [-0.05, 0) is 11.6 Å². The van der Waals surface area contributed by atoms with Crippen LogP contribution in [0.25, 0.3) is 0 Å². The van der Waals surface area contributed by atoms with E-state index in [2.05, 4.69) is 15.4 Å². The Kier molecular flexibility index (Phi) is 5.66. The fourth-order valence-corrected chi connectivity index (χ4v) is 1.43. The predicted octanol–water partition coefficient (Wildman–Crippen LogP) is 0.830. The minimum absolute atomic E-state index is 0.112. The Bertz CT molecular complexity index is 421. The van der Waals surface area contributed by atoms with Gasteiger partial charge in [-0.2, -0.15) is 0 Å². The number of primary amides is 1. The Morgan fingerprint density at radius 3 is 2.72 bits per heavy atom. The van der Waals surface area contributed by atoms with Crippen LogP contribution < -0.4 is 16.4 Å². The van der Waals surface area contributed by atoms with E-state index in [0.29, 0.717) is 13.1 Å². The first kappa shape index (κ1) is 14.0. The van der Waals surface area contributed by atoms with Crippen molar-refractivity contribution >= 4 is 17.7 Å². The maximum Gasteiger partial charge on any atom is 0.404 e. The van der Waals surface area contributed by atoms with E-state index >= 15 is 0 Å². The fourth-order valence-electron chi connectivity index (χ4n) is 1.43. The monoisotopic (exact) mass is 251 g/mol. The van der Waals surface area contributed by atoms with Crippen LogP contribution in [0.1, 0.15) is 12.5 Å². The van der Waals surface area contributed by atoms with Crippen LogP contribution in [0.4, 0.5) is 10.5 Å². The van der Waals surface area contributed by atoms with E-state index in [0.717, 1.165) is 11.3 Å². The Hall–Kier alpha value is -2.08. The number of hydrogen-bond acceptors (Lipinski definition) is 4. The molecule has 2 amide bonds. The van der Waals surface area contributed by atoms with Crippen LogP contribution in [0.5, 0.6) is 0 Å². The Morgan fingerprint density at radius 2 is 2.06 bits per heavy atom. The molecular formula is C12H17N3O3. The lowest BCUT2D eigenvalue weighted by molar-refractivity contribution is -0.114. The van der Waals surface area contributed by atoms with Gasteiger partial charge in [-0.25, -0.2) is 4.79 Å². The van der Waals surface area contributed by atoms with E-state index in [1.807, 2.05) is 24.3 Å². The minimum Gasteiger partial charge on any atom is -0.448 e. The predicted molar refractivity (Wildman–Crippen MR) is 68.0 cm³/mol. The fraction of sp³-hybridized carbons (Fsp3) is 0.333. The number of carbonyl (C=O) groups excluding carboxylic acids is 2. The van der Waals surface area contributed by atoms with Crippen molar-refractivity contribution in [2.75, 3.05) is 18.5 Å². The molecule has 0 aliphatic heterocycles. The molecule has 0 saturated carbocycles. The molecule has 0 heterocycles. The summed E-state index contributed by atoms with van der Waals surface area (Å²) in [6.45, 7) is 2.75. The second-order valence-corrected chi connectivity index (χ2v) is 3.68. The highest BCUT2D eigenvalue weighted by molar-refractivity contribution is 5.89. The van der Waals surface area contributed by atoms with Gasteiger partial charge in [-0.3, -0.25) is 4.79 Å². The zero-order valence-corrected chi connectivity index (χ0v) is 10.2. The van der Waals surface area contributed by atoms with Crippen molar-refractivity contribution in [3.8, 4) is 0 Å². The normalized spacial score (nSPS) is 9.83. The molecule has 1 aromatic carbocycles. The van der Waals surface area contributed by atoms with Crippen LogP contribution in [-0.4, -0.2) is 25.2 Å². The van der Waals surface area contributed by atoms with Crippen molar-refractivity contribution in [2.45, 2.75) is 13.5 Å². The minimum atomic E-state index is -0.782. The lowest BCUT2D eigenvalue weighted by Gasteiger charge is -2.10. The summed E-state index contributed by atoms with van der Waals surface area (Å²) in [7, 11) is 0. The molecule has 0 aliphatic carbocycles. The van der Waals surface area contributed by atoms with E-state index in [4.69, 9.17) is 5.73 Å². The molecule has 6 nitrogen and oxygen atoms in total. The van der Waals surface area contributed by atoms with Crippen molar-refractivity contribution in [1.29, 1.82) is 0 Å². The molecular weight excluding hydrogens is 234 g/mol. The zero-order chi connectivity index (χ0) is 13.4. The Morgan fingerprint density at radius 1 is 1.33 bits per heavy atom. The quantitative estimate of drug-likeness (QED) is 0.653. The third-order valence-electron chi connectivity index (χ3n) is 2.17. The van der Waals surface area contributed by atoms with Crippen LogP contribution in [0.3, 0.4) is 0 Å². The molecule has 0 unspecified atom stereocenters. The average molecular weight is 251 g/mol. The Balaban J connectivity index is 2.41. The molecule has 0 fully saturated rings. The number of nitrogens with one attached hydrogen (secondary N) is 2. The number of amides is 2. The van der Waals surface area contributed by atoms with Gasteiger partial charge in [0, 0.05) is 25.7 Å². The summed E-state index contributed by atoms with van der Waals surface area (Å²) < 4.78 is 4.58. The standard InChI is InChI=1S/C12H17N3O3/c1-9(16)15-11-5-3-2-4-10(11)8-14-6-7-18-12(13)17/h2-5,14H,6-8H2,1H3,(H2,13,17)(H,15,16). The summed E-state index contributed by atoms with van der Waals surface area (Å²) >= 11 is 0. The van der Waals surface area contributed by atoms with E-state index in [9.17, 15) is 9.59 Å². The van der Waals surface area contributed by atoms with Gasteiger partial charge in [0.25, 0.3) is 0 Å². The topological polar surface area (TPSA) is 93.4 Å². The first-order chi connectivity index (χ1) is 8.59. The summed E-state index contributed by atoms with van der Waals surface area (Å²) in [5.41, 5.74) is 6.56. The van der Waals surface area contributed by atoms with E-state index in [1.165, 1.54) is 6.92 Å². The summed E-state index contributed by atoms with van der Waals surface area (Å²) in [5.74, 6) is -0.112. The molecule has 4 N–H and O–H groups in total.